The van der Waals surface area contributed by atoms with Crippen LogP contribution in [0.2, 0.25) is 0 Å². The quantitative estimate of drug-likeness (QED) is 0.719. The van der Waals surface area contributed by atoms with Crippen LogP contribution >= 0.6 is 0 Å². The molecule has 0 aromatic carbocycles. The zero-order valence-electron chi connectivity index (χ0n) is 12.1. The van der Waals surface area contributed by atoms with E-state index >= 15 is 0 Å². The average molecular weight is 281 g/mol. The molecule has 1 rings (SSSR count). The summed E-state index contributed by atoms with van der Waals surface area (Å²) in [7, 11) is 0. The van der Waals surface area contributed by atoms with Gasteiger partial charge in [-0.2, -0.15) is 5.10 Å². The first kappa shape index (κ1) is 16.2. The second kappa shape index (κ2) is 8.35. The topological polar surface area (TPSA) is 84.2 Å². The minimum Gasteiger partial charge on any atom is -0.481 e. The van der Waals surface area contributed by atoms with Crippen molar-refractivity contribution in [3.63, 3.8) is 0 Å². The van der Waals surface area contributed by atoms with Gasteiger partial charge in [0.2, 0.25) is 5.91 Å². The van der Waals surface area contributed by atoms with Crippen LogP contribution < -0.4 is 5.32 Å². The Morgan fingerprint density at radius 2 is 2.15 bits per heavy atom. The fourth-order valence-electron chi connectivity index (χ4n) is 2.15. The van der Waals surface area contributed by atoms with Crippen molar-refractivity contribution in [2.75, 3.05) is 6.54 Å². The number of rotatable bonds is 9. The van der Waals surface area contributed by atoms with E-state index in [2.05, 4.69) is 10.4 Å². The largest absolute Gasteiger partial charge is 0.481 e. The predicted octanol–water partition coefficient (Wildman–Crippen LogP) is 1.53. The normalized spacial score (nSPS) is 12.3. The van der Waals surface area contributed by atoms with Crippen LogP contribution in [0.5, 0.6) is 0 Å². The molecule has 1 heterocycles. The molecule has 6 heteroatoms. The third kappa shape index (κ3) is 6.92. The van der Waals surface area contributed by atoms with Crippen molar-refractivity contribution in [3.05, 3.63) is 18.5 Å². The van der Waals surface area contributed by atoms with E-state index in [9.17, 15) is 9.59 Å². The van der Waals surface area contributed by atoms with Crippen LogP contribution in [0.3, 0.4) is 0 Å². The van der Waals surface area contributed by atoms with E-state index in [1.807, 2.05) is 19.9 Å². The molecule has 0 unspecified atom stereocenters. The van der Waals surface area contributed by atoms with E-state index in [0.29, 0.717) is 25.4 Å². The number of carboxylic acid groups (broad SMARTS) is 1. The maximum Gasteiger partial charge on any atom is 0.303 e. The highest BCUT2D eigenvalue weighted by Gasteiger charge is 2.16. The summed E-state index contributed by atoms with van der Waals surface area (Å²) in [4.78, 5) is 22.5. The molecule has 2 N–H and O–H groups in total. The van der Waals surface area contributed by atoms with Crippen LogP contribution in [0, 0.1) is 11.8 Å². The molecular weight excluding hydrogens is 258 g/mol. The first-order valence-corrected chi connectivity index (χ1v) is 6.93. The number of carbonyl (C=O) groups is 2. The minimum atomic E-state index is -0.818. The van der Waals surface area contributed by atoms with Gasteiger partial charge in [-0.3, -0.25) is 14.3 Å². The molecule has 1 atom stereocenters. The Kier molecular flexibility index (Phi) is 6.76. The number of aryl methyl sites for hydroxylation is 1. The highest BCUT2D eigenvalue weighted by molar-refractivity contribution is 5.75. The Balaban J connectivity index is 2.30. The van der Waals surface area contributed by atoms with Gasteiger partial charge in [-0.05, 0) is 24.3 Å². The van der Waals surface area contributed by atoms with E-state index in [0.717, 1.165) is 6.42 Å². The zero-order chi connectivity index (χ0) is 15.0. The molecule has 0 fully saturated rings. The van der Waals surface area contributed by atoms with Gasteiger partial charge in [0.1, 0.15) is 0 Å². The van der Waals surface area contributed by atoms with Gasteiger partial charge in [0.15, 0.2) is 0 Å². The summed E-state index contributed by atoms with van der Waals surface area (Å²) in [6.45, 7) is 5.05. The number of carbonyl (C=O) groups excluding carboxylic acids is 1. The summed E-state index contributed by atoms with van der Waals surface area (Å²) in [5.41, 5.74) is 0. The average Bonchev–Trinajstić information content (AvgIpc) is 2.85. The summed E-state index contributed by atoms with van der Waals surface area (Å²) in [5.74, 6) is -0.484. The van der Waals surface area contributed by atoms with Gasteiger partial charge in [-0.25, -0.2) is 0 Å². The van der Waals surface area contributed by atoms with Gasteiger partial charge in [0, 0.05) is 38.3 Å². The van der Waals surface area contributed by atoms with Gasteiger partial charge in [-0.15, -0.1) is 0 Å². The highest BCUT2D eigenvalue weighted by atomic mass is 16.4. The van der Waals surface area contributed by atoms with E-state index in [1.165, 1.54) is 0 Å². The SMILES string of the molecule is CC(C)C[C@H](CNC(=O)CCn1cccn1)CC(=O)O. The first-order chi connectivity index (χ1) is 9.47. The Hall–Kier alpha value is -1.85. The van der Waals surface area contributed by atoms with Crippen LogP contribution in [0.4, 0.5) is 0 Å². The minimum absolute atomic E-state index is 0.0128. The molecule has 1 aromatic heterocycles. The summed E-state index contributed by atoms with van der Waals surface area (Å²) in [6, 6.07) is 1.81. The van der Waals surface area contributed by atoms with Crippen LogP contribution in [0.25, 0.3) is 0 Å². The summed E-state index contributed by atoms with van der Waals surface area (Å²) >= 11 is 0. The van der Waals surface area contributed by atoms with E-state index in [-0.39, 0.29) is 18.2 Å². The smallest absolute Gasteiger partial charge is 0.303 e. The lowest BCUT2D eigenvalue weighted by Crippen LogP contribution is -2.31. The molecule has 0 aliphatic carbocycles. The van der Waals surface area contributed by atoms with E-state index < -0.39 is 5.97 Å². The zero-order valence-corrected chi connectivity index (χ0v) is 12.1. The second-order valence-corrected chi connectivity index (χ2v) is 5.42. The number of aliphatic carboxylic acids is 1. The highest BCUT2D eigenvalue weighted by Crippen LogP contribution is 2.14. The molecule has 0 radical (unpaired) electrons. The third-order valence-electron chi connectivity index (χ3n) is 2.98. The number of aromatic nitrogens is 2. The van der Waals surface area contributed by atoms with Gasteiger partial charge < -0.3 is 10.4 Å². The van der Waals surface area contributed by atoms with Crippen molar-refractivity contribution in [2.24, 2.45) is 11.8 Å². The number of hydrogen-bond donors (Lipinski definition) is 2. The number of carboxylic acids is 1. The molecule has 0 aliphatic rings. The predicted molar refractivity (Wildman–Crippen MR) is 75.1 cm³/mol. The lowest BCUT2D eigenvalue weighted by Gasteiger charge is -2.17. The Labute approximate surface area is 119 Å². The summed E-state index contributed by atoms with van der Waals surface area (Å²) in [5, 5.41) is 15.7. The Bertz CT molecular complexity index is 415. The van der Waals surface area contributed by atoms with E-state index in [4.69, 9.17) is 5.11 Å². The lowest BCUT2D eigenvalue weighted by molar-refractivity contribution is -0.138. The number of nitrogens with zero attached hydrogens (tertiary/aromatic N) is 2. The Morgan fingerprint density at radius 1 is 1.40 bits per heavy atom. The summed E-state index contributed by atoms with van der Waals surface area (Å²) in [6.07, 6.45) is 4.72. The third-order valence-corrected chi connectivity index (χ3v) is 2.98. The van der Waals surface area contributed by atoms with Crippen molar-refractivity contribution in [3.8, 4) is 0 Å². The number of hydrogen-bond acceptors (Lipinski definition) is 3. The van der Waals surface area contributed by atoms with E-state index in [1.54, 1.807) is 17.1 Å². The van der Waals surface area contributed by atoms with Gasteiger partial charge in [0.05, 0.1) is 0 Å². The molecule has 0 saturated carbocycles. The van der Waals surface area contributed by atoms with Crippen LogP contribution in [-0.2, 0) is 16.1 Å². The molecule has 0 bridgehead atoms. The molecule has 0 saturated heterocycles. The first-order valence-electron chi connectivity index (χ1n) is 6.93. The van der Waals surface area contributed by atoms with Crippen molar-refractivity contribution in [2.45, 2.75) is 39.7 Å². The number of nitrogens with one attached hydrogen (secondary N) is 1. The van der Waals surface area contributed by atoms with Crippen molar-refractivity contribution >= 4 is 11.9 Å². The van der Waals surface area contributed by atoms with Crippen molar-refractivity contribution in [1.29, 1.82) is 0 Å². The molecule has 1 amide bonds. The molecule has 1 aromatic rings. The molecule has 0 spiro atoms. The van der Waals surface area contributed by atoms with Gasteiger partial charge >= 0.3 is 5.97 Å². The monoisotopic (exact) mass is 281 g/mol. The summed E-state index contributed by atoms with van der Waals surface area (Å²) < 4.78 is 1.70. The standard InChI is InChI=1S/C14H23N3O3/c1-11(2)8-12(9-14(19)20)10-15-13(18)4-7-17-6-3-5-16-17/h3,5-6,11-12H,4,7-10H2,1-2H3,(H,15,18)(H,19,20)/t12-/m0/s1. The maximum atomic E-state index is 11.7. The van der Waals surface area contributed by atoms with Gasteiger partial charge in [0.25, 0.3) is 0 Å². The van der Waals surface area contributed by atoms with Gasteiger partial charge in [-0.1, -0.05) is 13.8 Å². The maximum absolute atomic E-state index is 11.7. The van der Waals surface area contributed by atoms with Crippen LogP contribution in [0.1, 0.15) is 33.1 Å². The van der Waals surface area contributed by atoms with Crippen LogP contribution in [0.15, 0.2) is 18.5 Å². The molecular formula is C14H23N3O3. The number of amides is 1. The van der Waals surface area contributed by atoms with Crippen molar-refractivity contribution < 1.29 is 14.7 Å². The molecule has 112 valence electrons. The molecule has 6 nitrogen and oxygen atoms in total. The fourth-order valence-corrected chi connectivity index (χ4v) is 2.15. The Morgan fingerprint density at radius 3 is 2.70 bits per heavy atom. The molecule has 0 aliphatic heterocycles. The van der Waals surface area contributed by atoms with Crippen molar-refractivity contribution in [1.82, 2.24) is 15.1 Å². The molecule has 20 heavy (non-hydrogen) atoms. The van der Waals surface area contributed by atoms with Crippen LogP contribution in [-0.4, -0.2) is 33.3 Å². The fraction of sp³-hybridized carbons (Fsp3) is 0.643. The second-order valence-electron chi connectivity index (χ2n) is 5.42. The lowest BCUT2D eigenvalue weighted by atomic mass is 9.94.